The van der Waals surface area contributed by atoms with E-state index in [1.54, 1.807) is 263 Å². The monoisotopic (exact) mass is 1250 g/mol. The summed E-state index contributed by atoms with van der Waals surface area (Å²) in [5.74, 6) is -4.57. The van der Waals surface area contributed by atoms with Crippen molar-refractivity contribution in [1.82, 2.24) is 0 Å². The highest BCUT2D eigenvalue weighted by Gasteiger charge is 2.72. The number of carbonyl (C=O) groups is 6. The second-order valence-corrected chi connectivity index (χ2v) is 31.2. The number of esters is 3. The van der Waals surface area contributed by atoms with Gasteiger partial charge >= 0.3 is 17.9 Å². The Bertz CT molecular complexity index is 4150. The van der Waals surface area contributed by atoms with Crippen LogP contribution in [-0.2, 0) is 62.1 Å². The van der Waals surface area contributed by atoms with Crippen molar-refractivity contribution in [3.63, 3.8) is 0 Å². The first-order valence-electron chi connectivity index (χ1n) is 29.6. The van der Waals surface area contributed by atoms with Gasteiger partial charge in [0.25, 0.3) is 0 Å². The molecule has 0 amide bonds. The number of benzene rings is 9. The predicted octanol–water partition coefficient (Wildman–Crippen LogP) is 13.5. The molecule has 0 bridgehead atoms. The van der Waals surface area contributed by atoms with Crippen LogP contribution in [0.25, 0.3) is 0 Å². The molecule has 1 fully saturated rings. The van der Waals surface area contributed by atoms with Crippen LogP contribution in [0.1, 0.15) is 104 Å². The third-order valence-corrected chi connectivity index (χ3v) is 26.2. The molecule has 15 heteroatoms. The summed E-state index contributed by atoms with van der Waals surface area (Å²) in [7, 11) is -12.0. The summed E-state index contributed by atoms with van der Waals surface area (Å²) in [6.07, 6.45) is -0.379. The van der Waals surface area contributed by atoms with Gasteiger partial charge in [0.1, 0.15) is 19.8 Å². The molecule has 9 aromatic carbocycles. The van der Waals surface area contributed by atoms with Gasteiger partial charge in [0, 0.05) is 48.5 Å². The molecule has 456 valence electrons. The van der Waals surface area contributed by atoms with Crippen molar-refractivity contribution in [3.8, 4) is 0 Å². The van der Waals surface area contributed by atoms with Gasteiger partial charge < -0.3 is 27.9 Å². The number of carbonyl (C=O) groups excluding carboxylic acids is 6. The highest BCUT2D eigenvalue weighted by Crippen LogP contribution is 2.57. The second-order valence-electron chi connectivity index (χ2n) is 23.2. The van der Waals surface area contributed by atoms with Gasteiger partial charge in [0.05, 0.1) is 5.92 Å². The molecule has 90 heavy (non-hydrogen) atoms. The smallest absolute Gasteiger partial charge is 0.324 e. The van der Waals surface area contributed by atoms with Gasteiger partial charge in [-0.3, -0.25) is 28.8 Å². The van der Waals surface area contributed by atoms with Gasteiger partial charge in [-0.15, -0.1) is 0 Å². The summed E-state index contributed by atoms with van der Waals surface area (Å²) in [5, 5.41) is 2.09. The average Bonchev–Trinajstić information content (AvgIpc) is 1.47. The van der Waals surface area contributed by atoms with E-state index in [9.17, 15) is 4.79 Å². The maximum Gasteiger partial charge on any atom is 0.324 e. The molecule has 0 aliphatic heterocycles. The maximum atomic E-state index is 15.4. The highest BCUT2D eigenvalue weighted by molar-refractivity contribution is 7.94. The quantitative estimate of drug-likeness (QED) is 0.0288. The molecule has 0 N–H and O–H groups in total. The van der Waals surface area contributed by atoms with Gasteiger partial charge in [-0.25, -0.2) is 0 Å². The Labute approximate surface area is 525 Å². The predicted molar refractivity (Wildman–Crippen MR) is 354 cm³/mol. The average molecular weight is 1260 g/mol. The first kappa shape index (κ1) is 64.1. The minimum Gasteiger partial charge on any atom is -0.461 e. The zero-order chi connectivity index (χ0) is 64.5. The van der Waals surface area contributed by atoms with Gasteiger partial charge in [0.2, 0.25) is 38.0 Å². The van der Waals surface area contributed by atoms with Crippen molar-refractivity contribution >= 4 is 87.7 Å². The molecule has 9 aromatic rings. The van der Waals surface area contributed by atoms with E-state index in [0.717, 1.165) is 0 Å². The minimum absolute atomic E-state index is 0.185. The van der Waals surface area contributed by atoms with E-state index in [-0.39, 0.29) is 23.1 Å². The van der Waals surface area contributed by atoms with Crippen LogP contribution in [0.3, 0.4) is 0 Å². The standard InChI is InChI=1S/C75H69O12P3/c1-47-40-50(4)66(70(77)88(82,56-28-16-10-17-29-56)57-30-18-11-19-31-57)53(7)62(47)44-85-69(76)65-43-75(65,73(80)86-45-63-48(2)41-51(5)67(54(63)8)71(78)89(83,58-32-20-12-21-33-58)59-34-22-13-23-35-59)74(81)87-46-64-49(3)42-52(6)68(55(64)9)72(79)90(84,60-36-24-14-25-37-60)61-38-26-15-27-39-61/h10-42,65H,43-46H2,1-9H3. The lowest BCUT2D eigenvalue weighted by Crippen LogP contribution is -2.34. The fourth-order valence-electron chi connectivity index (χ4n) is 12.6. The zero-order valence-electron chi connectivity index (χ0n) is 51.7. The van der Waals surface area contributed by atoms with Crippen LogP contribution in [-0.4, -0.2) is 34.5 Å². The van der Waals surface area contributed by atoms with Crippen LogP contribution in [0.15, 0.2) is 200 Å². The van der Waals surface area contributed by atoms with E-state index in [0.29, 0.717) is 98.6 Å². The molecule has 12 nitrogen and oxygen atoms in total. The Balaban J connectivity index is 0.983. The van der Waals surface area contributed by atoms with Crippen molar-refractivity contribution in [3.05, 3.63) is 284 Å². The number of rotatable bonds is 21. The van der Waals surface area contributed by atoms with Gasteiger partial charge in [0.15, 0.2) is 5.41 Å². The Morgan fingerprint density at radius 3 is 0.800 bits per heavy atom. The molecule has 10 rings (SSSR count). The van der Waals surface area contributed by atoms with Crippen LogP contribution in [0.4, 0.5) is 0 Å². The SMILES string of the molecule is Cc1cc(C)c(C(=O)P(=O)(c2ccccc2)c2ccccc2)c(C)c1COC(=O)C1CC1(C(=O)OCc1c(C)cc(C)c(C(=O)P(=O)(c2ccccc2)c2ccccc2)c1C)C(=O)OCc1c(C)cc(C)c(C(=O)P(=O)(c2ccccc2)c2ccccc2)c1C. The van der Waals surface area contributed by atoms with E-state index in [1.165, 1.54) is 0 Å². The molecule has 0 aromatic heterocycles. The molecular formula is C75H69O12P3. The van der Waals surface area contributed by atoms with E-state index >= 15 is 37.7 Å². The van der Waals surface area contributed by atoms with Gasteiger partial charge in [-0.1, -0.05) is 200 Å². The number of ether oxygens (including phenoxy) is 3. The first-order chi connectivity index (χ1) is 43.0. The normalized spacial score (nSPS) is 13.6. The molecule has 1 saturated carbocycles. The maximum absolute atomic E-state index is 15.4. The van der Waals surface area contributed by atoms with E-state index < -0.39 is 87.1 Å². The topological polar surface area (TPSA) is 181 Å². The number of aryl methyl sites for hydroxylation is 6. The molecule has 1 atom stereocenters. The molecule has 0 radical (unpaired) electrons. The number of hydrogen-bond acceptors (Lipinski definition) is 12. The third-order valence-electron chi connectivity index (χ3n) is 17.6. The zero-order valence-corrected chi connectivity index (χ0v) is 54.4. The molecule has 1 aliphatic carbocycles. The Morgan fingerprint density at radius 2 is 0.567 bits per heavy atom. The largest absolute Gasteiger partial charge is 0.461 e. The van der Waals surface area contributed by atoms with Crippen molar-refractivity contribution in [2.24, 2.45) is 11.3 Å². The molecule has 1 unspecified atom stereocenters. The Morgan fingerprint density at radius 1 is 0.344 bits per heavy atom. The molecule has 0 saturated heterocycles. The Hall–Kier alpha value is -8.91. The minimum atomic E-state index is -4.00. The van der Waals surface area contributed by atoms with Crippen molar-refractivity contribution in [2.45, 2.75) is 88.6 Å². The molecule has 0 heterocycles. The summed E-state index contributed by atoms with van der Waals surface area (Å²) < 4.78 is 64.6. The van der Waals surface area contributed by atoms with Crippen molar-refractivity contribution < 1.29 is 56.7 Å². The highest BCUT2D eigenvalue weighted by atomic mass is 31.2. The van der Waals surface area contributed by atoms with E-state index in [1.807, 2.05) is 0 Å². The van der Waals surface area contributed by atoms with Gasteiger partial charge in [-0.2, -0.15) is 0 Å². The van der Waals surface area contributed by atoms with Crippen LogP contribution in [0, 0.1) is 73.6 Å². The number of hydrogen-bond donors (Lipinski definition) is 0. The lowest BCUT2D eigenvalue weighted by molar-refractivity contribution is -0.170. The fourth-order valence-corrected chi connectivity index (χ4v) is 20.5. The lowest BCUT2D eigenvalue weighted by Gasteiger charge is -2.23. The fraction of sp³-hybridized carbons (Fsp3) is 0.200. The summed E-state index contributed by atoms with van der Waals surface area (Å²) in [4.78, 5) is 90.0. The summed E-state index contributed by atoms with van der Waals surface area (Å²) in [6, 6.07) is 56.7. The van der Waals surface area contributed by atoms with Crippen LogP contribution in [0.2, 0.25) is 0 Å². The molecular weight excluding hydrogens is 1190 g/mol. The first-order valence-corrected chi connectivity index (χ1v) is 34.7. The van der Waals surface area contributed by atoms with Crippen LogP contribution in [0.5, 0.6) is 0 Å². The van der Waals surface area contributed by atoms with E-state index in [2.05, 4.69) is 0 Å². The van der Waals surface area contributed by atoms with Crippen LogP contribution >= 0.6 is 21.4 Å². The molecule has 1 aliphatic rings. The Kier molecular flexibility index (Phi) is 18.4. The summed E-state index contributed by atoms with van der Waals surface area (Å²) >= 11 is 0. The third kappa shape index (κ3) is 11.5. The van der Waals surface area contributed by atoms with Crippen molar-refractivity contribution in [1.29, 1.82) is 0 Å². The van der Waals surface area contributed by atoms with Crippen molar-refractivity contribution in [2.75, 3.05) is 0 Å². The van der Waals surface area contributed by atoms with Gasteiger partial charge in [-0.05, 0) is 135 Å². The lowest BCUT2D eigenvalue weighted by atomic mass is 9.94. The summed E-state index contributed by atoms with van der Waals surface area (Å²) in [5.41, 5.74) is 2.66. The van der Waals surface area contributed by atoms with E-state index in [4.69, 9.17) is 14.2 Å². The summed E-state index contributed by atoms with van der Waals surface area (Å²) in [6.45, 7) is 14.4. The molecule has 0 spiro atoms. The van der Waals surface area contributed by atoms with Crippen LogP contribution < -0.4 is 31.8 Å². The second kappa shape index (κ2) is 25.9.